The number of nitrogen functional groups attached to an aromatic ring is 1. The largest absolute Gasteiger partial charge is 0.399 e. The quantitative estimate of drug-likeness (QED) is 0.736. The number of para-hydroxylation sites is 1. The Balaban J connectivity index is 0.00000169. The fourth-order valence-electron chi connectivity index (χ4n) is 3.25. The first-order chi connectivity index (χ1) is 11.7. The van der Waals surface area contributed by atoms with Crippen molar-refractivity contribution >= 4 is 36.4 Å². The van der Waals surface area contributed by atoms with E-state index in [2.05, 4.69) is 34.5 Å². The molecule has 0 aromatic heterocycles. The molecule has 0 radical (unpaired) electrons. The first-order valence-electron chi connectivity index (χ1n) is 8.60. The number of nitrogens with one attached hydrogen (secondary N) is 1. The van der Waals surface area contributed by atoms with Gasteiger partial charge in [0, 0.05) is 37.8 Å². The highest BCUT2D eigenvalue weighted by Gasteiger charge is 2.23. The van der Waals surface area contributed by atoms with Gasteiger partial charge in [0.2, 0.25) is 5.91 Å². The number of carbonyl (C=O) groups is 1. The van der Waals surface area contributed by atoms with Crippen LogP contribution < -0.4 is 11.1 Å². The SMILES string of the molecule is Cl.Cl.Nc1ccccc1CCC(=O)NC1CCN(Cc2ccccc2)C1. The van der Waals surface area contributed by atoms with Crippen molar-refractivity contribution in [3.8, 4) is 0 Å². The zero-order valence-electron chi connectivity index (χ0n) is 14.8. The molecule has 0 aliphatic carbocycles. The molecule has 3 rings (SSSR count). The van der Waals surface area contributed by atoms with Crippen LogP contribution in [0.5, 0.6) is 0 Å². The summed E-state index contributed by atoms with van der Waals surface area (Å²) >= 11 is 0. The second-order valence-electron chi connectivity index (χ2n) is 6.47. The molecule has 1 unspecified atom stereocenters. The number of nitrogens with zero attached hydrogens (tertiary/aromatic N) is 1. The van der Waals surface area contributed by atoms with Gasteiger partial charge in [-0.15, -0.1) is 24.8 Å². The van der Waals surface area contributed by atoms with Crippen molar-refractivity contribution < 1.29 is 4.79 Å². The molecule has 1 fully saturated rings. The van der Waals surface area contributed by atoms with Crippen LogP contribution in [0.25, 0.3) is 0 Å². The summed E-state index contributed by atoms with van der Waals surface area (Å²) < 4.78 is 0. The fraction of sp³-hybridized carbons (Fsp3) is 0.350. The van der Waals surface area contributed by atoms with Gasteiger partial charge in [-0.2, -0.15) is 0 Å². The molecule has 1 atom stereocenters. The van der Waals surface area contributed by atoms with Crippen LogP contribution in [-0.2, 0) is 17.8 Å². The summed E-state index contributed by atoms with van der Waals surface area (Å²) in [5.74, 6) is 0.116. The summed E-state index contributed by atoms with van der Waals surface area (Å²) in [5, 5.41) is 3.16. The van der Waals surface area contributed by atoms with E-state index in [0.29, 0.717) is 12.8 Å². The van der Waals surface area contributed by atoms with Crippen LogP contribution in [0.1, 0.15) is 24.0 Å². The number of carbonyl (C=O) groups excluding carboxylic acids is 1. The lowest BCUT2D eigenvalue weighted by Crippen LogP contribution is -2.37. The monoisotopic (exact) mass is 395 g/mol. The first kappa shape index (κ1) is 22.3. The smallest absolute Gasteiger partial charge is 0.220 e. The number of likely N-dealkylation sites (tertiary alicyclic amines) is 1. The van der Waals surface area contributed by atoms with E-state index in [4.69, 9.17) is 5.73 Å². The van der Waals surface area contributed by atoms with Crippen molar-refractivity contribution in [1.29, 1.82) is 0 Å². The normalized spacial score (nSPS) is 16.4. The Bertz CT molecular complexity index is 682. The number of nitrogens with two attached hydrogens (primary N) is 1. The number of amides is 1. The third kappa shape index (κ3) is 6.52. The van der Waals surface area contributed by atoms with E-state index in [1.54, 1.807) is 0 Å². The minimum atomic E-state index is 0. The summed E-state index contributed by atoms with van der Waals surface area (Å²) in [4.78, 5) is 14.6. The van der Waals surface area contributed by atoms with E-state index in [0.717, 1.165) is 37.3 Å². The molecule has 1 saturated heterocycles. The number of halogens is 2. The lowest BCUT2D eigenvalue weighted by atomic mass is 10.1. The molecule has 0 saturated carbocycles. The Hall–Kier alpha value is -1.75. The fourth-order valence-corrected chi connectivity index (χ4v) is 3.25. The van der Waals surface area contributed by atoms with Gasteiger partial charge in [-0.25, -0.2) is 0 Å². The molecule has 2 aromatic rings. The van der Waals surface area contributed by atoms with E-state index in [-0.39, 0.29) is 36.8 Å². The molecule has 1 heterocycles. The van der Waals surface area contributed by atoms with Gasteiger partial charge in [-0.3, -0.25) is 9.69 Å². The van der Waals surface area contributed by atoms with Crippen LogP contribution in [0, 0.1) is 0 Å². The molecule has 1 aliphatic heterocycles. The van der Waals surface area contributed by atoms with Crippen LogP contribution in [-0.4, -0.2) is 29.9 Å². The van der Waals surface area contributed by atoms with E-state index < -0.39 is 0 Å². The van der Waals surface area contributed by atoms with Gasteiger partial charge in [0.25, 0.3) is 0 Å². The number of aryl methyl sites for hydroxylation is 1. The van der Waals surface area contributed by atoms with Gasteiger partial charge in [0.1, 0.15) is 0 Å². The molecule has 0 bridgehead atoms. The first-order valence-corrected chi connectivity index (χ1v) is 8.60. The van der Waals surface area contributed by atoms with E-state index in [9.17, 15) is 4.79 Å². The maximum Gasteiger partial charge on any atom is 0.220 e. The molecule has 26 heavy (non-hydrogen) atoms. The van der Waals surface area contributed by atoms with E-state index in [1.807, 2.05) is 30.3 Å². The number of hydrogen-bond acceptors (Lipinski definition) is 3. The summed E-state index contributed by atoms with van der Waals surface area (Å²) in [6.45, 7) is 2.91. The summed E-state index contributed by atoms with van der Waals surface area (Å²) in [7, 11) is 0. The Morgan fingerprint density at radius 1 is 1.08 bits per heavy atom. The highest BCUT2D eigenvalue weighted by Crippen LogP contribution is 2.15. The zero-order valence-corrected chi connectivity index (χ0v) is 16.4. The molecule has 142 valence electrons. The lowest BCUT2D eigenvalue weighted by molar-refractivity contribution is -0.121. The summed E-state index contributed by atoms with van der Waals surface area (Å²) in [6.07, 6.45) is 2.20. The van der Waals surface area contributed by atoms with Crippen LogP contribution in [0.2, 0.25) is 0 Å². The standard InChI is InChI=1S/C20H25N3O.2ClH/c21-19-9-5-4-8-17(19)10-11-20(24)22-18-12-13-23(15-18)14-16-6-2-1-3-7-16;;/h1-9,18H,10-15,21H2,(H,22,24);2*1H. The highest BCUT2D eigenvalue weighted by atomic mass is 35.5. The van der Waals surface area contributed by atoms with Crippen molar-refractivity contribution in [2.75, 3.05) is 18.8 Å². The Kier molecular flexibility index (Phi) is 9.49. The minimum Gasteiger partial charge on any atom is -0.399 e. The van der Waals surface area contributed by atoms with Crippen LogP contribution in [0.3, 0.4) is 0 Å². The van der Waals surface area contributed by atoms with Gasteiger partial charge >= 0.3 is 0 Å². The van der Waals surface area contributed by atoms with Crippen molar-refractivity contribution in [1.82, 2.24) is 10.2 Å². The third-order valence-corrected chi connectivity index (χ3v) is 4.56. The topological polar surface area (TPSA) is 58.4 Å². The molecule has 1 aliphatic rings. The zero-order chi connectivity index (χ0) is 16.8. The summed E-state index contributed by atoms with van der Waals surface area (Å²) in [5.41, 5.74) is 9.06. The number of hydrogen-bond donors (Lipinski definition) is 2. The second kappa shape index (κ2) is 11.1. The highest BCUT2D eigenvalue weighted by molar-refractivity contribution is 5.85. The molecular formula is C20H27Cl2N3O. The number of benzene rings is 2. The molecule has 1 amide bonds. The molecule has 0 spiro atoms. The summed E-state index contributed by atoms with van der Waals surface area (Å²) in [6, 6.07) is 18.5. The molecule has 6 heteroatoms. The Morgan fingerprint density at radius 2 is 1.77 bits per heavy atom. The van der Waals surface area contributed by atoms with Gasteiger partial charge in [-0.1, -0.05) is 48.5 Å². The average molecular weight is 396 g/mol. The van der Waals surface area contributed by atoms with Gasteiger partial charge in [-0.05, 0) is 30.0 Å². The average Bonchev–Trinajstić information content (AvgIpc) is 3.02. The van der Waals surface area contributed by atoms with Crippen molar-refractivity contribution in [3.63, 3.8) is 0 Å². The third-order valence-electron chi connectivity index (χ3n) is 4.56. The van der Waals surface area contributed by atoms with Crippen molar-refractivity contribution in [3.05, 3.63) is 65.7 Å². The molecular weight excluding hydrogens is 369 g/mol. The maximum atomic E-state index is 12.2. The second-order valence-corrected chi connectivity index (χ2v) is 6.47. The van der Waals surface area contributed by atoms with Gasteiger partial charge in [0.15, 0.2) is 0 Å². The Labute approximate surface area is 168 Å². The Morgan fingerprint density at radius 3 is 2.50 bits per heavy atom. The van der Waals surface area contributed by atoms with Crippen LogP contribution in [0.15, 0.2) is 54.6 Å². The minimum absolute atomic E-state index is 0. The van der Waals surface area contributed by atoms with Crippen molar-refractivity contribution in [2.24, 2.45) is 0 Å². The molecule has 2 aromatic carbocycles. The maximum absolute atomic E-state index is 12.2. The van der Waals surface area contributed by atoms with Crippen LogP contribution in [0.4, 0.5) is 5.69 Å². The van der Waals surface area contributed by atoms with E-state index >= 15 is 0 Å². The molecule has 4 nitrogen and oxygen atoms in total. The number of anilines is 1. The van der Waals surface area contributed by atoms with E-state index in [1.165, 1.54) is 5.56 Å². The van der Waals surface area contributed by atoms with Gasteiger partial charge < -0.3 is 11.1 Å². The van der Waals surface area contributed by atoms with Crippen LogP contribution >= 0.6 is 24.8 Å². The molecule has 3 N–H and O–H groups in total. The predicted molar refractivity (Wildman–Crippen MR) is 112 cm³/mol. The van der Waals surface area contributed by atoms with Crippen molar-refractivity contribution in [2.45, 2.75) is 31.8 Å². The number of rotatable bonds is 6. The predicted octanol–water partition coefficient (Wildman–Crippen LogP) is 3.44. The lowest BCUT2D eigenvalue weighted by Gasteiger charge is -2.17. The van der Waals surface area contributed by atoms with Gasteiger partial charge in [0.05, 0.1) is 0 Å².